The van der Waals surface area contributed by atoms with Gasteiger partial charge in [0.15, 0.2) is 5.60 Å². The van der Waals surface area contributed by atoms with Gasteiger partial charge in [0.25, 0.3) is 5.91 Å². The fraction of sp³-hybridized carbons (Fsp3) is 0.722. The van der Waals surface area contributed by atoms with Crippen LogP contribution >= 0.6 is 0 Å². The molecule has 1 aromatic carbocycles. The molecule has 3 atom stereocenters. The highest BCUT2D eigenvalue weighted by atomic mass is 16.6. The number of hydrogen-bond donors (Lipinski definition) is 1. The van der Waals surface area contributed by atoms with E-state index < -0.39 is 29.1 Å². The number of hydrogen-bond acceptors (Lipinski definition) is 8. The molecule has 2 fully saturated rings. The van der Waals surface area contributed by atoms with Crippen molar-refractivity contribution in [2.75, 3.05) is 56.9 Å². The number of ether oxygens (including phenoxy) is 4. The van der Waals surface area contributed by atoms with Crippen LogP contribution in [0.1, 0.15) is 80.6 Å². The summed E-state index contributed by atoms with van der Waals surface area (Å²) in [6.45, 7) is 14.7. The Hall–Kier alpha value is -3.38. The van der Waals surface area contributed by atoms with Crippen LogP contribution in [-0.2, 0) is 28.6 Å². The molecule has 2 aliphatic heterocycles. The Morgan fingerprint density at radius 1 is 1.08 bits per heavy atom. The number of amides is 4. The van der Waals surface area contributed by atoms with Crippen molar-refractivity contribution < 1.29 is 38.1 Å². The lowest BCUT2D eigenvalue weighted by atomic mass is 9.87. The van der Waals surface area contributed by atoms with Gasteiger partial charge in [-0.05, 0) is 90.8 Å². The Balaban J connectivity index is 1.64. The van der Waals surface area contributed by atoms with Crippen LogP contribution in [0.3, 0.4) is 0 Å². The molecule has 1 unspecified atom stereocenters. The number of carbonyl (C=O) groups is 4. The minimum absolute atomic E-state index is 0.0181. The van der Waals surface area contributed by atoms with E-state index in [2.05, 4.69) is 19.2 Å². The summed E-state index contributed by atoms with van der Waals surface area (Å²) in [5.41, 5.74) is -0.508. The first-order chi connectivity index (χ1) is 22.5. The first kappa shape index (κ1) is 37.4. The van der Waals surface area contributed by atoms with Crippen LogP contribution in [0.15, 0.2) is 18.2 Å². The highest BCUT2D eigenvalue weighted by molar-refractivity contribution is 6.04. The SMILES string of the molecule is COCCCN1C(=O)C(C)(C)Oc2ccc(N(C(=O)[C@@H]3C[C@H](C(=O)NC(COC)CC(C)C)CN(C(=O)OC(C)(C)C)C3)C3CC3)cc21. The second kappa shape index (κ2) is 15.4. The molecule has 0 radical (unpaired) electrons. The van der Waals surface area contributed by atoms with Crippen molar-refractivity contribution in [2.45, 2.75) is 104 Å². The van der Waals surface area contributed by atoms with E-state index in [1.54, 1.807) is 58.6 Å². The maximum absolute atomic E-state index is 14.6. The van der Waals surface area contributed by atoms with Crippen molar-refractivity contribution in [2.24, 2.45) is 17.8 Å². The third-order valence-corrected chi connectivity index (χ3v) is 8.81. The highest BCUT2D eigenvalue weighted by Crippen LogP contribution is 2.43. The summed E-state index contributed by atoms with van der Waals surface area (Å²) in [6, 6.07) is 5.32. The van der Waals surface area contributed by atoms with E-state index in [4.69, 9.17) is 18.9 Å². The molecule has 0 spiro atoms. The summed E-state index contributed by atoms with van der Waals surface area (Å²) in [5.74, 6) is -0.864. The number of benzene rings is 1. The van der Waals surface area contributed by atoms with Gasteiger partial charge in [0.2, 0.25) is 11.8 Å². The van der Waals surface area contributed by atoms with Crippen molar-refractivity contribution >= 4 is 35.2 Å². The van der Waals surface area contributed by atoms with Crippen LogP contribution in [0.5, 0.6) is 5.75 Å². The Morgan fingerprint density at radius 3 is 2.38 bits per heavy atom. The Kier molecular flexibility index (Phi) is 12.0. The number of methoxy groups -OCH3 is 2. The highest BCUT2D eigenvalue weighted by Gasteiger charge is 2.45. The predicted molar refractivity (Wildman–Crippen MR) is 183 cm³/mol. The van der Waals surface area contributed by atoms with Gasteiger partial charge in [-0.2, -0.15) is 0 Å². The number of fused-ring (bicyclic) bond motifs is 1. The topological polar surface area (TPSA) is 127 Å². The largest absolute Gasteiger partial charge is 0.476 e. The number of nitrogens with zero attached hydrogens (tertiary/aromatic N) is 3. The molecule has 1 aliphatic carbocycles. The van der Waals surface area contributed by atoms with E-state index >= 15 is 0 Å². The molecular weight excluding hydrogens is 616 g/mol. The molecule has 1 aromatic rings. The van der Waals surface area contributed by atoms with E-state index in [1.807, 2.05) is 18.2 Å². The van der Waals surface area contributed by atoms with Crippen LogP contribution in [-0.4, -0.2) is 99.1 Å². The molecule has 1 N–H and O–H groups in total. The third-order valence-electron chi connectivity index (χ3n) is 8.81. The number of anilines is 2. The van der Waals surface area contributed by atoms with Gasteiger partial charge in [-0.25, -0.2) is 4.79 Å². The Morgan fingerprint density at radius 2 is 1.77 bits per heavy atom. The number of nitrogens with one attached hydrogen (secondary N) is 1. The van der Waals surface area contributed by atoms with Crippen molar-refractivity contribution in [1.29, 1.82) is 0 Å². The molecule has 268 valence electrons. The average Bonchev–Trinajstić information content (AvgIpc) is 3.83. The lowest BCUT2D eigenvalue weighted by Crippen LogP contribution is -2.55. The molecule has 0 bridgehead atoms. The smallest absolute Gasteiger partial charge is 0.410 e. The van der Waals surface area contributed by atoms with Crippen molar-refractivity contribution in [3.63, 3.8) is 0 Å². The summed E-state index contributed by atoms with van der Waals surface area (Å²) in [7, 11) is 3.23. The van der Waals surface area contributed by atoms with Crippen LogP contribution in [0.4, 0.5) is 16.2 Å². The van der Waals surface area contributed by atoms with E-state index in [9.17, 15) is 19.2 Å². The van der Waals surface area contributed by atoms with E-state index in [-0.39, 0.29) is 42.9 Å². The minimum atomic E-state index is -1.03. The van der Waals surface area contributed by atoms with Gasteiger partial charge in [0.05, 0.1) is 30.2 Å². The molecule has 4 amide bonds. The van der Waals surface area contributed by atoms with Crippen LogP contribution < -0.4 is 19.9 Å². The van der Waals surface area contributed by atoms with Gasteiger partial charge in [-0.15, -0.1) is 0 Å². The number of piperidine rings is 1. The van der Waals surface area contributed by atoms with Crippen LogP contribution in [0.25, 0.3) is 0 Å². The summed E-state index contributed by atoms with van der Waals surface area (Å²) >= 11 is 0. The fourth-order valence-corrected chi connectivity index (χ4v) is 6.54. The Labute approximate surface area is 285 Å². The molecule has 4 rings (SSSR count). The van der Waals surface area contributed by atoms with Gasteiger partial charge in [-0.1, -0.05) is 13.8 Å². The number of carbonyl (C=O) groups excluding carboxylic acids is 4. The maximum Gasteiger partial charge on any atom is 0.410 e. The lowest BCUT2D eigenvalue weighted by molar-refractivity contribution is -0.133. The standard InChI is InChI=1S/C36H56N4O8/c1-23(2)17-26(22-46-9)37-31(41)24-18-25(21-38(20-24)34(44)48-35(3,4)5)32(42)40(27-11-12-27)28-13-14-30-29(19-28)39(15-10-16-45-8)33(43)36(6,7)47-30/h13-14,19,23-27H,10-12,15-18,20-22H2,1-9H3,(H,37,41)/t24-,25+,26?/m0/s1. The molecule has 12 nitrogen and oxygen atoms in total. The number of rotatable bonds is 13. The Bertz CT molecular complexity index is 1320. The van der Waals surface area contributed by atoms with Crippen molar-refractivity contribution in [3.05, 3.63) is 18.2 Å². The zero-order chi connectivity index (χ0) is 35.4. The molecule has 2 heterocycles. The molecule has 48 heavy (non-hydrogen) atoms. The van der Waals surface area contributed by atoms with Gasteiger partial charge in [-0.3, -0.25) is 14.4 Å². The summed E-state index contributed by atoms with van der Waals surface area (Å²) < 4.78 is 22.4. The maximum atomic E-state index is 14.6. The second-order valence-electron chi connectivity index (χ2n) is 15.3. The number of likely N-dealkylation sites (tertiary alicyclic amines) is 1. The first-order valence-electron chi connectivity index (χ1n) is 17.3. The predicted octanol–water partition coefficient (Wildman–Crippen LogP) is 4.77. The molecule has 12 heteroatoms. The lowest BCUT2D eigenvalue weighted by Gasteiger charge is -2.40. The quantitative estimate of drug-likeness (QED) is 0.297. The zero-order valence-electron chi connectivity index (χ0n) is 30.3. The summed E-state index contributed by atoms with van der Waals surface area (Å²) in [4.78, 5) is 60.1. The first-order valence-corrected chi connectivity index (χ1v) is 17.3. The molecule has 1 saturated heterocycles. The van der Waals surface area contributed by atoms with Gasteiger partial charge in [0.1, 0.15) is 11.4 Å². The van der Waals surface area contributed by atoms with Gasteiger partial charge < -0.3 is 39.0 Å². The van der Waals surface area contributed by atoms with E-state index in [1.165, 1.54) is 4.90 Å². The molecular formula is C36H56N4O8. The monoisotopic (exact) mass is 672 g/mol. The summed E-state index contributed by atoms with van der Waals surface area (Å²) in [5, 5.41) is 3.13. The second-order valence-corrected chi connectivity index (χ2v) is 15.3. The van der Waals surface area contributed by atoms with Gasteiger partial charge >= 0.3 is 6.09 Å². The third kappa shape index (κ3) is 9.40. The average molecular weight is 673 g/mol. The zero-order valence-corrected chi connectivity index (χ0v) is 30.3. The molecule has 0 aromatic heterocycles. The normalized spacial score (nSPS) is 21.3. The molecule has 3 aliphatic rings. The van der Waals surface area contributed by atoms with E-state index in [0.717, 1.165) is 19.3 Å². The van der Waals surface area contributed by atoms with Crippen LogP contribution in [0.2, 0.25) is 0 Å². The van der Waals surface area contributed by atoms with Crippen molar-refractivity contribution in [3.8, 4) is 5.75 Å². The van der Waals surface area contributed by atoms with Gasteiger partial charge in [0, 0.05) is 52.2 Å². The van der Waals surface area contributed by atoms with E-state index in [0.29, 0.717) is 55.6 Å². The fourth-order valence-electron chi connectivity index (χ4n) is 6.54. The van der Waals surface area contributed by atoms with Crippen LogP contribution in [0, 0.1) is 17.8 Å². The molecule has 1 saturated carbocycles. The summed E-state index contributed by atoms with van der Waals surface area (Å²) in [6.07, 6.45) is 2.79. The minimum Gasteiger partial charge on any atom is -0.476 e. The van der Waals surface area contributed by atoms with Crippen molar-refractivity contribution in [1.82, 2.24) is 10.2 Å².